The Morgan fingerprint density at radius 3 is 2.47 bits per heavy atom. The summed E-state index contributed by atoms with van der Waals surface area (Å²) in [6.45, 7) is 0. The third-order valence-corrected chi connectivity index (χ3v) is 3.42. The van der Waals surface area contributed by atoms with Crippen LogP contribution in [0.2, 0.25) is 0 Å². The molecule has 2 aromatic carbocycles. The molecule has 1 heterocycles. The van der Waals surface area contributed by atoms with E-state index in [0.717, 1.165) is 15.5 Å². The maximum atomic E-state index is 5.18. The Kier molecular flexibility index (Phi) is 4.12. The third-order valence-electron chi connectivity index (χ3n) is 2.48. The van der Waals surface area contributed by atoms with E-state index in [-0.39, 0.29) is 29.6 Å². The van der Waals surface area contributed by atoms with Crippen molar-refractivity contribution in [3.63, 3.8) is 0 Å². The number of fused-ring (bicyclic) bond motifs is 1. The van der Waals surface area contributed by atoms with Crippen LogP contribution in [0.1, 0.15) is 0 Å². The van der Waals surface area contributed by atoms with Crippen LogP contribution in [0, 0.1) is 0 Å². The van der Waals surface area contributed by atoms with E-state index < -0.39 is 0 Å². The van der Waals surface area contributed by atoms with E-state index in [1.165, 1.54) is 22.3 Å². The molecule has 3 aromatic rings. The van der Waals surface area contributed by atoms with Crippen LogP contribution >= 0.6 is 11.5 Å². The zero-order valence-corrected chi connectivity index (χ0v) is 12.9. The monoisotopic (exact) mass is 266 g/mol. The van der Waals surface area contributed by atoms with Crippen molar-refractivity contribution in [1.29, 1.82) is 0 Å². The van der Waals surface area contributed by atoms with Crippen LogP contribution in [-0.2, 0) is 12.6 Å². The van der Waals surface area contributed by atoms with Crippen LogP contribution in [0.25, 0.3) is 22.0 Å². The van der Waals surface area contributed by atoms with Gasteiger partial charge in [-0.3, -0.25) is 0 Å². The van der Waals surface area contributed by atoms with E-state index in [4.69, 9.17) is 12.6 Å². The molecule has 78 valence electrons. The summed E-state index contributed by atoms with van der Waals surface area (Å²) in [7, 11) is 0. The fourth-order valence-electron chi connectivity index (χ4n) is 1.69. The molecule has 2 nitrogen and oxygen atoms in total. The van der Waals surface area contributed by atoms with Crippen LogP contribution in [-0.4, -0.2) is 9.59 Å². The Balaban J connectivity index is 0.00000108. The first-order valence-electron chi connectivity index (χ1n) is 4.83. The first kappa shape index (κ1) is 12.9. The van der Waals surface area contributed by atoms with E-state index in [9.17, 15) is 0 Å². The van der Waals surface area contributed by atoms with Crippen molar-refractivity contribution in [1.82, 2.24) is 9.59 Å². The molecule has 0 atom stereocenters. The molecule has 0 spiro atoms. The summed E-state index contributed by atoms with van der Waals surface area (Å²) in [5, 5.41) is 6.48. The molecule has 0 fully saturated rings. The first-order chi connectivity index (χ1) is 7.84. The van der Waals surface area contributed by atoms with Gasteiger partial charge in [0.2, 0.25) is 0 Å². The average Bonchev–Trinajstić information content (AvgIpc) is 2.75. The number of nitrogens with zero attached hydrogens (tertiary/aromatic N) is 2. The van der Waals surface area contributed by atoms with Gasteiger partial charge < -0.3 is 12.6 Å². The van der Waals surface area contributed by atoms with E-state index in [0.29, 0.717) is 0 Å². The second kappa shape index (κ2) is 5.42. The van der Waals surface area contributed by atoms with Crippen molar-refractivity contribution in [3.05, 3.63) is 42.5 Å². The summed E-state index contributed by atoms with van der Waals surface area (Å²) < 4.78 is 4.61. The second-order valence-corrected chi connectivity index (χ2v) is 4.89. The van der Waals surface area contributed by atoms with Crippen molar-refractivity contribution < 1.29 is 29.6 Å². The van der Waals surface area contributed by atoms with E-state index >= 15 is 0 Å². The Morgan fingerprint density at radius 1 is 1.00 bits per heavy atom. The Labute approximate surface area is 131 Å². The zero-order chi connectivity index (χ0) is 11.0. The Bertz CT molecular complexity index is 652. The second-order valence-electron chi connectivity index (χ2n) is 3.47. The van der Waals surface area contributed by atoms with Crippen LogP contribution in [0.5, 0.6) is 0 Å². The van der Waals surface area contributed by atoms with E-state index in [1.54, 1.807) is 0 Å². The molecular formula is C12H7N2NaS2. The molecule has 5 heteroatoms. The van der Waals surface area contributed by atoms with Crippen LogP contribution in [0.4, 0.5) is 0 Å². The van der Waals surface area contributed by atoms with E-state index in [1.807, 2.05) is 18.2 Å². The molecule has 0 aliphatic carbocycles. The zero-order valence-electron chi connectivity index (χ0n) is 9.25. The number of benzene rings is 2. The van der Waals surface area contributed by atoms with Crippen molar-refractivity contribution in [2.75, 3.05) is 0 Å². The summed E-state index contributed by atoms with van der Waals surface area (Å²) in [6.07, 6.45) is 0. The SMILES string of the molecule is [Na+].[S-]c1snnc1-c1ccc2ccccc2c1. The van der Waals surface area contributed by atoms with Gasteiger partial charge in [0.15, 0.2) is 0 Å². The molecule has 0 amide bonds. The standard InChI is InChI=1S/C12H8N2S2.Na/c15-12-11(13-14-16-12)10-6-5-8-3-1-2-4-9(8)7-10;/h1-7,15H;/q;+1/p-1. The number of rotatable bonds is 1. The van der Waals surface area contributed by atoms with Gasteiger partial charge in [0, 0.05) is 5.56 Å². The molecule has 0 unspecified atom stereocenters. The summed E-state index contributed by atoms with van der Waals surface area (Å²) in [6, 6.07) is 14.5. The summed E-state index contributed by atoms with van der Waals surface area (Å²) >= 11 is 6.44. The topological polar surface area (TPSA) is 25.8 Å². The molecule has 0 saturated carbocycles. The maximum Gasteiger partial charge on any atom is 1.00 e. The van der Waals surface area contributed by atoms with Crippen LogP contribution in [0.3, 0.4) is 0 Å². The van der Waals surface area contributed by atoms with Gasteiger partial charge in [-0.2, -0.15) is 5.10 Å². The van der Waals surface area contributed by atoms with Gasteiger partial charge in [0.25, 0.3) is 0 Å². The van der Waals surface area contributed by atoms with Crippen LogP contribution < -0.4 is 29.6 Å². The predicted molar refractivity (Wildman–Crippen MR) is 68.5 cm³/mol. The van der Waals surface area contributed by atoms with E-state index in [2.05, 4.69) is 33.9 Å². The quantitative estimate of drug-likeness (QED) is 0.467. The van der Waals surface area contributed by atoms with Crippen molar-refractivity contribution >= 4 is 34.9 Å². The summed E-state index contributed by atoms with van der Waals surface area (Å²) in [5.74, 6) is 0. The molecule has 1 aromatic heterocycles. The number of aromatic nitrogens is 2. The normalized spacial score (nSPS) is 10.1. The van der Waals surface area contributed by atoms with Gasteiger partial charge in [-0.1, -0.05) is 40.6 Å². The minimum atomic E-state index is 0. The molecule has 0 N–H and O–H groups in total. The van der Waals surface area contributed by atoms with Gasteiger partial charge in [-0.25, -0.2) is 16.0 Å². The largest absolute Gasteiger partial charge is 1.00 e. The smallest absolute Gasteiger partial charge is 0.425 e. The van der Waals surface area contributed by atoms with Crippen molar-refractivity contribution in [2.45, 2.75) is 4.21 Å². The molecule has 0 aliphatic rings. The molecule has 0 radical (unpaired) electrons. The fraction of sp³-hybridized carbons (Fsp3) is 0. The average molecular weight is 266 g/mol. The Hall–Kier alpha value is -0.520. The van der Waals surface area contributed by atoms with Gasteiger partial charge in [0.05, 0.1) is 5.69 Å². The van der Waals surface area contributed by atoms with Gasteiger partial charge in [-0.15, -0.1) is 0 Å². The molecule has 3 rings (SSSR count). The molecule has 0 saturated heterocycles. The molecule has 0 bridgehead atoms. The molecule has 0 aliphatic heterocycles. The third kappa shape index (κ3) is 2.51. The minimum absolute atomic E-state index is 0. The van der Waals surface area contributed by atoms with Crippen LogP contribution in [0.15, 0.2) is 46.7 Å². The molecular weight excluding hydrogens is 259 g/mol. The summed E-state index contributed by atoms with van der Waals surface area (Å²) in [4.78, 5) is 0. The van der Waals surface area contributed by atoms with Crippen molar-refractivity contribution in [2.24, 2.45) is 0 Å². The fourth-order valence-corrected chi connectivity index (χ4v) is 2.40. The number of hydrogen-bond donors (Lipinski definition) is 0. The number of hydrogen-bond acceptors (Lipinski definition) is 4. The molecule has 17 heavy (non-hydrogen) atoms. The minimum Gasteiger partial charge on any atom is -0.425 e. The first-order valence-corrected chi connectivity index (χ1v) is 6.01. The van der Waals surface area contributed by atoms with Crippen molar-refractivity contribution in [3.8, 4) is 11.3 Å². The van der Waals surface area contributed by atoms with Gasteiger partial charge in [-0.05, 0) is 16.8 Å². The van der Waals surface area contributed by atoms with Gasteiger partial charge in [0.1, 0.15) is 0 Å². The maximum absolute atomic E-state index is 5.18. The predicted octanol–water partition coefficient (Wildman–Crippen LogP) is 0.268. The Morgan fingerprint density at radius 2 is 1.76 bits per heavy atom. The van der Waals surface area contributed by atoms with Gasteiger partial charge >= 0.3 is 29.6 Å². The summed E-state index contributed by atoms with van der Waals surface area (Å²) in [5.41, 5.74) is 1.85.